The van der Waals surface area contributed by atoms with Gasteiger partial charge in [0, 0.05) is 19.6 Å². The number of sulfonamides is 2. The molecule has 0 unspecified atom stereocenters. The average Bonchev–Trinajstić information content (AvgIpc) is 3.50. The van der Waals surface area contributed by atoms with Gasteiger partial charge in [-0.1, -0.05) is 12.1 Å². The lowest BCUT2D eigenvalue weighted by atomic mass is 9.99. The number of nitrogens with zero attached hydrogens (tertiary/aromatic N) is 4. The Morgan fingerprint density at radius 3 is 2.54 bits per heavy atom. The predicted octanol–water partition coefficient (Wildman–Crippen LogP) is -1.15. The van der Waals surface area contributed by atoms with E-state index in [4.69, 9.17) is 16.6 Å². The van der Waals surface area contributed by atoms with Crippen molar-refractivity contribution in [2.45, 2.75) is 22.4 Å². The van der Waals surface area contributed by atoms with Crippen LogP contribution in [0.2, 0.25) is 0 Å². The molecular weight excluding hydrogens is 518 g/mol. The number of tetrazole rings is 1. The maximum Gasteiger partial charge on any atom is 0.242 e. The number of fused-ring (bicyclic) bond motifs is 1. The third kappa shape index (κ3) is 5.07. The molecule has 2 heterocycles. The first-order valence-electron chi connectivity index (χ1n) is 9.96. The Bertz CT molecular complexity index is 1590. The van der Waals surface area contributed by atoms with Crippen LogP contribution in [-0.2, 0) is 26.6 Å². The fourth-order valence-electron chi connectivity index (χ4n) is 3.38. The molecule has 0 aliphatic rings. The van der Waals surface area contributed by atoms with E-state index in [1.807, 2.05) is 0 Å². The first kappa shape index (κ1) is 25.2. The van der Waals surface area contributed by atoms with Crippen LogP contribution in [0.5, 0.6) is 0 Å². The second kappa shape index (κ2) is 9.63. The molecule has 0 saturated carbocycles. The lowest BCUT2D eigenvalue weighted by Crippen LogP contribution is -2.36. The largest absolute Gasteiger partial charge is 0.390 e. The van der Waals surface area contributed by atoms with Crippen molar-refractivity contribution in [2.24, 2.45) is 16.6 Å². The number of hydrogen-bond donors (Lipinski definition) is 6. The summed E-state index contributed by atoms with van der Waals surface area (Å²) < 4.78 is 54.6. The first-order valence-corrected chi connectivity index (χ1v) is 13.8. The molecule has 0 spiro atoms. The summed E-state index contributed by atoms with van der Waals surface area (Å²) in [6, 6.07) is 7.73. The number of aliphatic hydroxyl groups is 1. The zero-order chi connectivity index (χ0) is 25.4. The number of hydrogen-bond acceptors (Lipinski definition) is 12. The number of nitrogens with one attached hydrogen (secondary N) is 2. The number of thiazole rings is 1. The van der Waals surface area contributed by atoms with Crippen molar-refractivity contribution in [3.8, 4) is 22.5 Å². The van der Waals surface area contributed by atoms with Crippen LogP contribution in [0.3, 0.4) is 0 Å². The van der Waals surface area contributed by atoms with Gasteiger partial charge in [-0.25, -0.2) is 31.7 Å². The van der Waals surface area contributed by atoms with Crippen LogP contribution >= 0.6 is 11.3 Å². The molecule has 0 radical (unpaired) electrons. The topological polar surface area (TPSA) is 246 Å². The van der Waals surface area contributed by atoms with Gasteiger partial charge in [0.15, 0.2) is 0 Å². The van der Waals surface area contributed by atoms with Gasteiger partial charge < -0.3 is 16.6 Å². The minimum Gasteiger partial charge on any atom is -0.390 e. The standard InChI is InChI=1S/C18H21N9O5S3/c19-6-10(28)8-22-35(31,32)14-4-2-11(9-1-3-13-12(5-9)23-15(7-20)33-13)16(17(14)34(21,29)30)18-24-26-27-25-18/h1-5,10,22,28H,6-8,19-20H2,(H2,21,29,30)(H,24,25,26,27)/t10-/m0/s1. The quantitative estimate of drug-likeness (QED) is 0.148. The molecule has 2 aromatic carbocycles. The predicted molar refractivity (Wildman–Crippen MR) is 128 cm³/mol. The molecule has 1 atom stereocenters. The molecule has 2 aromatic heterocycles. The Labute approximate surface area is 203 Å². The Hall–Kier alpha value is -2.90. The number of nitrogens with two attached hydrogens (primary N) is 3. The van der Waals surface area contributed by atoms with E-state index in [9.17, 15) is 21.9 Å². The minimum atomic E-state index is -4.65. The molecule has 0 aliphatic carbocycles. The molecule has 0 amide bonds. The Balaban J connectivity index is 1.99. The van der Waals surface area contributed by atoms with E-state index in [1.165, 1.54) is 17.4 Å². The molecule has 17 heteroatoms. The van der Waals surface area contributed by atoms with Crippen LogP contribution in [0, 0.1) is 0 Å². The lowest BCUT2D eigenvalue weighted by Gasteiger charge is -2.17. The Morgan fingerprint density at radius 2 is 1.91 bits per heavy atom. The lowest BCUT2D eigenvalue weighted by molar-refractivity contribution is 0.186. The number of rotatable bonds is 9. The van der Waals surface area contributed by atoms with Crippen molar-refractivity contribution in [1.29, 1.82) is 0 Å². The van der Waals surface area contributed by atoms with Crippen molar-refractivity contribution < 1.29 is 21.9 Å². The highest BCUT2D eigenvalue weighted by Crippen LogP contribution is 2.39. The molecule has 0 bridgehead atoms. The normalized spacial score (nSPS) is 13.4. The van der Waals surface area contributed by atoms with Gasteiger partial charge in [-0.15, -0.1) is 21.5 Å². The average molecular weight is 540 g/mol. The van der Waals surface area contributed by atoms with E-state index in [0.29, 0.717) is 16.1 Å². The smallest absolute Gasteiger partial charge is 0.242 e. The summed E-state index contributed by atoms with van der Waals surface area (Å²) in [6.07, 6.45) is -1.18. The minimum absolute atomic E-state index is 0.169. The van der Waals surface area contributed by atoms with Gasteiger partial charge >= 0.3 is 0 Å². The molecule has 4 aromatic rings. The van der Waals surface area contributed by atoms with Crippen LogP contribution in [-0.4, -0.2) is 66.7 Å². The van der Waals surface area contributed by atoms with E-state index in [-0.39, 0.29) is 30.0 Å². The summed E-state index contributed by atoms with van der Waals surface area (Å²) in [5, 5.41) is 29.3. The number of aromatic nitrogens is 5. The van der Waals surface area contributed by atoms with Crippen molar-refractivity contribution in [1.82, 2.24) is 30.3 Å². The van der Waals surface area contributed by atoms with Crippen molar-refractivity contribution in [3.63, 3.8) is 0 Å². The second-order valence-corrected chi connectivity index (χ2v) is 11.7. The van der Waals surface area contributed by atoms with Crippen LogP contribution < -0.4 is 21.3 Å². The summed E-state index contributed by atoms with van der Waals surface area (Å²) in [5.41, 5.74) is 12.2. The third-order valence-electron chi connectivity index (χ3n) is 4.96. The first-order chi connectivity index (χ1) is 16.5. The summed E-state index contributed by atoms with van der Waals surface area (Å²) in [6.45, 7) is -0.383. The summed E-state index contributed by atoms with van der Waals surface area (Å²) in [5.74, 6) is -0.191. The van der Waals surface area contributed by atoms with Gasteiger partial charge in [-0.3, -0.25) is 0 Å². The molecule has 9 N–H and O–H groups in total. The molecule has 14 nitrogen and oxygen atoms in total. The van der Waals surface area contributed by atoms with E-state index >= 15 is 0 Å². The number of benzene rings is 2. The van der Waals surface area contributed by atoms with Gasteiger partial charge in [0.05, 0.1) is 21.9 Å². The number of aliphatic hydroxyl groups excluding tert-OH is 1. The van der Waals surface area contributed by atoms with Gasteiger partial charge in [0.1, 0.15) is 14.8 Å². The van der Waals surface area contributed by atoms with Crippen LogP contribution in [0.15, 0.2) is 40.1 Å². The monoisotopic (exact) mass is 539 g/mol. The van der Waals surface area contributed by atoms with Gasteiger partial charge in [-0.2, -0.15) is 5.21 Å². The Morgan fingerprint density at radius 1 is 1.14 bits per heavy atom. The highest BCUT2D eigenvalue weighted by molar-refractivity contribution is 7.92. The Kier molecular flexibility index (Phi) is 6.93. The SMILES string of the molecule is NCc1nc2cc(-c3ccc(S(=O)(=O)NC[C@@H](O)CN)c(S(N)(=O)=O)c3-c3nn[nH]n3)ccc2s1. The summed E-state index contributed by atoms with van der Waals surface area (Å²) >= 11 is 1.42. The van der Waals surface area contributed by atoms with E-state index in [0.717, 1.165) is 10.8 Å². The van der Waals surface area contributed by atoms with Crippen molar-refractivity contribution in [2.75, 3.05) is 13.1 Å². The van der Waals surface area contributed by atoms with E-state index in [2.05, 4.69) is 30.3 Å². The van der Waals surface area contributed by atoms with Gasteiger partial charge in [0.25, 0.3) is 0 Å². The summed E-state index contributed by atoms with van der Waals surface area (Å²) in [7, 11) is -9.11. The van der Waals surface area contributed by atoms with E-state index in [1.54, 1.807) is 18.2 Å². The summed E-state index contributed by atoms with van der Waals surface area (Å²) in [4.78, 5) is 3.07. The fraction of sp³-hybridized carbons (Fsp3) is 0.222. The van der Waals surface area contributed by atoms with Crippen LogP contribution in [0.4, 0.5) is 0 Å². The fourth-order valence-corrected chi connectivity index (χ4v) is 6.88. The number of primary sulfonamides is 1. The van der Waals surface area contributed by atoms with Gasteiger partial charge in [-0.05, 0) is 34.5 Å². The molecule has 186 valence electrons. The maximum atomic E-state index is 13.0. The molecule has 35 heavy (non-hydrogen) atoms. The maximum absolute atomic E-state index is 13.0. The molecular formula is C18H21N9O5S3. The van der Waals surface area contributed by atoms with Crippen molar-refractivity contribution >= 4 is 41.6 Å². The third-order valence-corrected chi connectivity index (χ3v) is 8.61. The van der Waals surface area contributed by atoms with Crippen LogP contribution in [0.25, 0.3) is 32.7 Å². The van der Waals surface area contributed by atoms with E-state index < -0.39 is 42.5 Å². The highest BCUT2D eigenvalue weighted by atomic mass is 32.2. The second-order valence-electron chi connectivity index (χ2n) is 7.33. The molecule has 0 aliphatic heterocycles. The highest BCUT2D eigenvalue weighted by Gasteiger charge is 2.32. The molecule has 4 rings (SSSR count). The molecule has 0 saturated heterocycles. The zero-order valence-corrected chi connectivity index (χ0v) is 20.4. The van der Waals surface area contributed by atoms with Crippen LogP contribution in [0.1, 0.15) is 5.01 Å². The van der Waals surface area contributed by atoms with Crippen molar-refractivity contribution in [3.05, 3.63) is 35.3 Å². The molecule has 0 fully saturated rings. The number of aromatic amines is 1. The number of H-pyrrole nitrogens is 1. The van der Waals surface area contributed by atoms with Gasteiger partial charge in [0.2, 0.25) is 25.9 Å². The zero-order valence-electron chi connectivity index (χ0n) is 17.9.